The van der Waals surface area contributed by atoms with E-state index >= 15 is 0 Å². The third-order valence-electron chi connectivity index (χ3n) is 3.46. The van der Waals surface area contributed by atoms with Crippen LogP contribution in [0.1, 0.15) is 10.6 Å². The molecule has 5 heteroatoms. The molecule has 1 aromatic carbocycles. The Hall–Kier alpha value is -1.85. The standard InChI is InChI=1S/C15H18N2O3/c1-17(10-12-9-16-6-7-19-12)15(18)14-8-11-4-2-3-5-13(11)20-14/h2-5,8,12,16H,6-7,9-10H2,1H3. The Morgan fingerprint density at radius 2 is 2.30 bits per heavy atom. The lowest BCUT2D eigenvalue weighted by molar-refractivity contribution is 0.00976. The van der Waals surface area contributed by atoms with Crippen LogP contribution in [0.25, 0.3) is 11.0 Å². The fourth-order valence-electron chi connectivity index (χ4n) is 2.40. The van der Waals surface area contributed by atoms with Crippen LogP contribution in [0, 0.1) is 0 Å². The number of rotatable bonds is 3. The van der Waals surface area contributed by atoms with Crippen molar-refractivity contribution in [2.75, 3.05) is 33.3 Å². The van der Waals surface area contributed by atoms with Crippen molar-refractivity contribution >= 4 is 16.9 Å². The van der Waals surface area contributed by atoms with Crippen LogP contribution in [0.2, 0.25) is 0 Å². The number of hydrogen-bond donors (Lipinski definition) is 1. The second-order valence-corrected chi connectivity index (χ2v) is 5.03. The summed E-state index contributed by atoms with van der Waals surface area (Å²) in [5.74, 6) is 0.257. The van der Waals surface area contributed by atoms with Crippen LogP contribution in [0.4, 0.5) is 0 Å². The van der Waals surface area contributed by atoms with Crippen LogP contribution in [0.3, 0.4) is 0 Å². The molecule has 1 aliphatic heterocycles. The maximum Gasteiger partial charge on any atom is 0.289 e. The fraction of sp³-hybridized carbons (Fsp3) is 0.400. The number of para-hydroxylation sites is 1. The number of likely N-dealkylation sites (N-methyl/N-ethyl adjacent to an activating group) is 1. The molecule has 1 saturated heterocycles. The van der Waals surface area contributed by atoms with Gasteiger partial charge in [-0.15, -0.1) is 0 Å². The zero-order chi connectivity index (χ0) is 13.9. The Kier molecular flexibility index (Phi) is 3.71. The molecule has 2 aromatic rings. The predicted octanol–water partition coefficient (Wildman–Crippen LogP) is 1.49. The first-order valence-electron chi connectivity index (χ1n) is 6.80. The largest absolute Gasteiger partial charge is 0.451 e. The summed E-state index contributed by atoms with van der Waals surface area (Å²) in [6, 6.07) is 9.40. The van der Waals surface area contributed by atoms with Crippen LogP contribution in [0.15, 0.2) is 34.7 Å². The number of carbonyl (C=O) groups excluding carboxylic acids is 1. The summed E-state index contributed by atoms with van der Waals surface area (Å²) in [6.07, 6.45) is 0.0436. The molecular formula is C15H18N2O3. The van der Waals surface area contributed by atoms with E-state index in [4.69, 9.17) is 9.15 Å². The monoisotopic (exact) mass is 274 g/mol. The lowest BCUT2D eigenvalue weighted by Gasteiger charge is -2.27. The molecule has 1 N–H and O–H groups in total. The Bertz CT molecular complexity index is 569. The summed E-state index contributed by atoms with van der Waals surface area (Å²) >= 11 is 0. The van der Waals surface area contributed by atoms with Crippen LogP contribution in [-0.4, -0.2) is 50.2 Å². The van der Waals surface area contributed by atoms with Crippen molar-refractivity contribution in [1.82, 2.24) is 10.2 Å². The molecule has 2 heterocycles. The number of morpholine rings is 1. The Morgan fingerprint density at radius 3 is 3.05 bits per heavy atom. The zero-order valence-corrected chi connectivity index (χ0v) is 11.5. The van der Waals surface area contributed by atoms with Gasteiger partial charge in [0.2, 0.25) is 0 Å². The predicted molar refractivity (Wildman–Crippen MR) is 75.8 cm³/mol. The van der Waals surface area contributed by atoms with Crippen molar-refractivity contribution in [1.29, 1.82) is 0 Å². The van der Waals surface area contributed by atoms with Gasteiger partial charge >= 0.3 is 0 Å². The molecule has 1 aliphatic rings. The number of benzene rings is 1. The zero-order valence-electron chi connectivity index (χ0n) is 11.5. The summed E-state index contributed by atoms with van der Waals surface area (Å²) in [5.41, 5.74) is 0.736. The molecule has 3 rings (SSSR count). The van der Waals surface area contributed by atoms with Crippen LogP contribution in [-0.2, 0) is 4.74 Å². The van der Waals surface area contributed by atoms with E-state index < -0.39 is 0 Å². The number of ether oxygens (including phenoxy) is 1. The van der Waals surface area contributed by atoms with Gasteiger partial charge in [-0.2, -0.15) is 0 Å². The van der Waals surface area contributed by atoms with Crippen molar-refractivity contribution in [3.05, 3.63) is 36.1 Å². The molecule has 1 fully saturated rings. The number of amides is 1. The van der Waals surface area contributed by atoms with Gasteiger partial charge in [-0.25, -0.2) is 0 Å². The van der Waals surface area contributed by atoms with E-state index in [1.165, 1.54) is 0 Å². The van der Waals surface area contributed by atoms with Gasteiger partial charge in [-0.05, 0) is 12.1 Å². The molecule has 5 nitrogen and oxygen atoms in total. The van der Waals surface area contributed by atoms with Crippen molar-refractivity contribution in [3.63, 3.8) is 0 Å². The van der Waals surface area contributed by atoms with Crippen molar-refractivity contribution in [3.8, 4) is 0 Å². The molecule has 1 aromatic heterocycles. The normalized spacial score (nSPS) is 19.1. The Morgan fingerprint density at radius 1 is 1.45 bits per heavy atom. The lowest BCUT2D eigenvalue weighted by atomic mass is 10.2. The van der Waals surface area contributed by atoms with E-state index in [1.54, 1.807) is 18.0 Å². The molecule has 106 valence electrons. The summed E-state index contributed by atoms with van der Waals surface area (Å²) in [5, 5.41) is 4.20. The van der Waals surface area contributed by atoms with Gasteiger partial charge in [0.15, 0.2) is 5.76 Å². The first-order chi connectivity index (χ1) is 9.74. The van der Waals surface area contributed by atoms with Gasteiger partial charge in [-0.3, -0.25) is 4.79 Å². The number of hydrogen-bond acceptors (Lipinski definition) is 4. The van der Waals surface area contributed by atoms with Gasteiger partial charge in [0.05, 0.1) is 12.7 Å². The lowest BCUT2D eigenvalue weighted by Crippen LogP contribution is -2.45. The number of furan rings is 1. The van der Waals surface area contributed by atoms with E-state index in [2.05, 4.69) is 5.32 Å². The number of fused-ring (bicyclic) bond motifs is 1. The molecule has 1 unspecified atom stereocenters. The highest BCUT2D eigenvalue weighted by atomic mass is 16.5. The topological polar surface area (TPSA) is 54.7 Å². The molecule has 0 bridgehead atoms. The molecule has 1 amide bonds. The highest BCUT2D eigenvalue weighted by Crippen LogP contribution is 2.19. The number of nitrogens with one attached hydrogen (secondary N) is 1. The van der Waals surface area contributed by atoms with Crippen LogP contribution >= 0.6 is 0 Å². The number of nitrogens with zero attached hydrogens (tertiary/aromatic N) is 1. The molecule has 1 atom stereocenters. The van der Waals surface area contributed by atoms with E-state index in [-0.39, 0.29) is 12.0 Å². The summed E-state index contributed by atoms with van der Waals surface area (Å²) in [4.78, 5) is 14.0. The van der Waals surface area contributed by atoms with E-state index in [9.17, 15) is 4.79 Å². The van der Waals surface area contributed by atoms with E-state index in [0.717, 1.165) is 24.1 Å². The summed E-state index contributed by atoms with van der Waals surface area (Å²) in [7, 11) is 1.77. The van der Waals surface area contributed by atoms with Crippen molar-refractivity contribution in [2.45, 2.75) is 6.10 Å². The second-order valence-electron chi connectivity index (χ2n) is 5.03. The van der Waals surface area contributed by atoms with Gasteiger partial charge in [0, 0.05) is 32.1 Å². The molecular weight excluding hydrogens is 256 g/mol. The molecule has 0 radical (unpaired) electrons. The quantitative estimate of drug-likeness (QED) is 0.921. The fourth-order valence-corrected chi connectivity index (χ4v) is 2.40. The smallest absolute Gasteiger partial charge is 0.289 e. The third-order valence-corrected chi connectivity index (χ3v) is 3.46. The average Bonchev–Trinajstić information content (AvgIpc) is 2.91. The summed E-state index contributed by atoms with van der Waals surface area (Å²) in [6.45, 7) is 2.90. The molecule has 0 spiro atoms. The molecule has 0 saturated carbocycles. The van der Waals surface area contributed by atoms with Crippen LogP contribution in [0.5, 0.6) is 0 Å². The minimum atomic E-state index is -0.115. The maximum atomic E-state index is 12.3. The highest BCUT2D eigenvalue weighted by Gasteiger charge is 2.21. The Labute approximate surface area is 117 Å². The third kappa shape index (κ3) is 2.69. The van der Waals surface area contributed by atoms with Gasteiger partial charge < -0.3 is 19.4 Å². The SMILES string of the molecule is CN(CC1CNCCO1)C(=O)c1cc2ccccc2o1. The first kappa shape index (κ1) is 13.1. The molecule has 0 aliphatic carbocycles. The van der Waals surface area contributed by atoms with Crippen molar-refractivity contribution < 1.29 is 13.9 Å². The van der Waals surface area contributed by atoms with E-state index in [1.807, 2.05) is 24.3 Å². The minimum absolute atomic E-state index is 0.0436. The first-order valence-corrected chi connectivity index (χ1v) is 6.80. The highest BCUT2D eigenvalue weighted by molar-refractivity contribution is 5.95. The Balaban J connectivity index is 1.70. The van der Waals surface area contributed by atoms with Crippen LogP contribution < -0.4 is 5.32 Å². The van der Waals surface area contributed by atoms with Gasteiger partial charge in [-0.1, -0.05) is 18.2 Å². The maximum absolute atomic E-state index is 12.3. The average molecular weight is 274 g/mol. The van der Waals surface area contributed by atoms with E-state index in [0.29, 0.717) is 18.9 Å². The summed E-state index contributed by atoms with van der Waals surface area (Å²) < 4.78 is 11.2. The van der Waals surface area contributed by atoms with Gasteiger partial charge in [0.1, 0.15) is 5.58 Å². The second kappa shape index (κ2) is 5.64. The molecule has 20 heavy (non-hydrogen) atoms. The minimum Gasteiger partial charge on any atom is -0.451 e. The van der Waals surface area contributed by atoms with Gasteiger partial charge in [0.25, 0.3) is 5.91 Å². The number of carbonyl (C=O) groups is 1. The van der Waals surface area contributed by atoms with Crippen molar-refractivity contribution in [2.24, 2.45) is 0 Å².